The lowest BCUT2D eigenvalue weighted by Crippen LogP contribution is -2.25. The second-order valence-corrected chi connectivity index (χ2v) is 8.83. The van der Waals surface area contributed by atoms with Crippen molar-refractivity contribution < 1.29 is 19.4 Å². The van der Waals surface area contributed by atoms with Gasteiger partial charge in [0.2, 0.25) is 0 Å². The summed E-state index contributed by atoms with van der Waals surface area (Å²) in [5.74, 6) is 0.517. The van der Waals surface area contributed by atoms with Crippen LogP contribution in [0, 0.1) is 6.92 Å². The third-order valence-corrected chi connectivity index (χ3v) is 6.45. The normalized spacial score (nSPS) is 11.4. The van der Waals surface area contributed by atoms with Gasteiger partial charge in [-0.05, 0) is 68.1 Å². The number of fused-ring (bicyclic) bond motifs is 4. The van der Waals surface area contributed by atoms with Crippen molar-refractivity contribution in [2.24, 2.45) is 5.73 Å². The van der Waals surface area contributed by atoms with Crippen LogP contribution in [0.25, 0.3) is 22.3 Å². The molecule has 8 nitrogen and oxygen atoms in total. The van der Waals surface area contributed by atoms with E-state index in [1.807, 2.05) is 33.8 Å². The van der Waals surface area contributed by atoms with Crippen LogP contribution < -0.4 is 11.3 Å². The van der Waals surface area contributed by atoms with Crippen molar-refractivity contribution in [2.45, 2.75) is 73.0 Å². The zero-order valence-corrected chi connectivity index (χ0v) is 22.2. The Labute approximate surface area is 217 Å². The van der Waals surface area contributed by atoms with E-state index in [1.54, 1.807) is 22.8 Å². The summed E-state index contributed by atoms with van der Waals surface area (Å²) in [6, 6.07) is 7.03. The molecule has 0 amide bonds. The van der Waals surface area contributed by atoms with Crippen LogP contribution in [-0.4, -0.2) is 27.4 Å². The third kappa shape index (κ3) is 6.02. The smallest absolute Gasteiger partial charge is 0.508 e. The fourth-order valence-corrected chi connectivity index (χ4v) is 4.61. The Hall–Kier alpha value is -3.65. The molecule has 198 valence electrons. The van der Waals surface area contributed by atoms with Gasteiger partial charge in [-0.3, -0.25) is 4.79 Å². The van der Waals surface area contributed by atoms with Crippen molar-refractivity contribution in [1.82, 2.24) is 9.55 Å². The first kappa shape index (κ1) is 27.9. The van der Waals surface area contributed by atoms with Crippen molar-refractivity contribution in [1.29, 1.82) is 0 Å². The Bertz CT molecular complexity index is 1360. The highest BCUT2D eigenvalue weighted by molar-refractivity contribution is 5.89. The van der Waals surface area contributed by atoms with Crippen molar-refractivity contribution in [2.75, 3.05) is 6.54 Å². The Morgan fingerprint density at radius 2 is 1.95 bits per heavy atom. The van der Waals surface area contributed by atoms with Crippen LogP contribution in [0.4, 0.5) is 4.79 Å². The van der Waals surface area contributed by atoms with Crippen LogP contribution in [0.2, 0.25) is 0 Å². The molecule has 2 aromatic heterocycles. The minimum absolute atomic E-state index is 0.182. The number of allylic oxidation sites excluding steroid dienone is 1. The molecule has 0 saturated heterocycles. The van der Waals surface area contributed by atoms with Crippen LogP contribution in [0.5, 0.6) is 5.75 Å². The molecule has 0 unspecified atom stereocenters. The highest BCUT2D eigenvalue weighted by Gasteiger charge is 2.27. The van der Waals surface area contributed by atoms with Crippen LogP contribution in [-0.2, 0) is 29.0 Å². The number of carbonyl (C=O) groups is 1. The third-order valence-electron chi connectivity index (χ3n) is 6.45. The number of nitrogens with two attached hydrogens (primary N) is 1. The number of ether oxygens (including phenoxy) is 2. The molecule has 3 heterocycles. The number of carbonyl (C=O) groups excluding carboxylic acids is 1. The van der Waals surface area contributed by atoms with E-state index in [1.165, 1.54) is 0 Å². The molecule has 4 rings (SSSR count). The predicted molar refractivity (Wildman–Crippen MR) is 146 cm³/mol. The standard InChI is InChI=1S/C27H31N3O5.C2H6/c1-4-19-20-13-18(31)9-10-23(20)29-25-21(19)14-30-24(25)12-16(2)22(26(30)32)15-34-27(33)35-17(3)8-6-5-7-11-28;1-2/h9-10,12-13,31H,3-8,11,14-15,28H2,1-2H3;1-2H3. The molecular formula is C29H37N3O5. The minimum atomic E-state index is -0.873. The molecule has 1 aromatic carbocycles. The number of pyridine rings is 2. The zero-order valence-electron chi connectivity index (χ0n) is 22.2. The SMILES string of the molecule is C=C(CCCCCN)OC(=O)OCc1c(C)cc2n(c1=O)Cc1c-2nc2ccc(O)cc2c1CC.CC. The van der Waals surface area contributed by atoms with Crippen molar-refractivity contribution in [3.8, 4) is 17.1 Å². The van der Waals surface area contributed by atoms with Crippen molar-refractivity contribution in [3.05, 3.63) is 69.2 Å². The molecule has 0 aliphatic carbocycles. The van der Waals surface area contributed by atoms with Crippen LogP contribution in [0.15, 0.2) is 41.4 Å². The lowest BCUT2D eigenvalue weighted by atomic mass is 9.98. The summed E-state index contributed by atoms with van der Waals surface area (Å²) in [6.45, 7) is 12.4. The monoisotopic (exact) mass is 507 g/mol. The number of phenolic OH excluding ortho intramolecular Hbond substituents is 1. The summed E-state index contributed by atoms with van der Waals surface area (Å²) in [5, 5.41) is 10.9. The van der Waals surface area contributed by atoms with Gasteiger partial charge in [-0.1, -0.05) is 33.8 Å². The summed E-state index contributed by atoms with van der Waals surface area (Å²) in [6.07, 6.45) is 3.10. The first-order valence-corrected chi connectivity index (χ1v) is 12.9. The van der Waals surface area contributed by atoms with Gasteiger partial charge >= 0.3 is 6.16 Å². The Kier molecular flexibility index (Phi) is 9.47. The lowest BCUT2D eigenvalue weighted by molar-refractivity contribution is 0.0688. The first-order chi connectivity index (χ1) is 17.8. The number of unbranched alkanes of at least 4 members (excludes halogenated alkanes) is 2. The average molecular weight is 508 g/mol. The second kappa shape index (κ2) is 12.5. The number of rotatable bonds is 9. The molecule has 37 heavy (non-hydrogen) atoms. The summed E-state index contributed by atoms with van der Waals surface area (Å²) >= 11 is 0. The predicted octanol–water partition coefficient (Wildman–Crippen LogP) is 5.71. The maximum atomic E-state index is 13.4. The fraction of sp³-hybridized carbons (Fsp3) is 0.414. The van der Waals surface area contributed by atoms with Gasteiger partial charge in [0.05, 0.1) is 29.0 Å². The van der Waals surface area contributed by atoms with Gasteiger partial charge in [0, 0.05) is 17.4 Å². The van der Waals surface area contributed by atoms with Gasteiger partial charge in [-0.25, -0.2) is 9.78 Å². The molecule has 3 aromatic rings. The van der Waals surface area contributed by atoms with Gasteiger partial charge in [0.25, 0.3) is 5.56 Å². The molecule has 3 N–H and O–H groups in total. The van der Waals surface area contributed by atoms with Gasteiger partial charge in [0.15, 0.2) is 0 Å². The fourth-order valence-electron chi connectivity index (χ4n) is 4.61. The molecule has 1 aliphatic rings. The molecule has 0 fully saturated rings. The van der Waals surface area contributed by atoms with Gasteiger partial charge in [-0.2, -0.15) is 0 Å². The van der Waals surface area contributed by atoms with E-state index in [2.05, 4.69) is 6.58 Å². The summed E-state index contributed by atoms with van der Waals surface area (Å²) in [7, 11) is 0. The maximum Gasteiger partial charge on any atom is 0.513 e. The number of aromatic hydroxyl groups is 1. The maximum absolute atomic E-state index is 13.4. The highest BCUT2D eigenvalue weighted by Crippen LogP contribution is 2.37. The van der Waals surface area contributed by atoms with Crippen LogP contribution in [0.3, 0.4) is 0 Å². The quantitative estimate of drug-likeness (QED) is 0.169. The number of phenols is 1. The van der Waals surface area contributed by atoms with E-state index in [0.29, 0.717) is 36.4 Å². The summed E-state index contributed by atoms with van der Waals surface area (Å²) in [4.78, 5) is 30.3. The largest absolute Gasteiger partial charge is 0.513 e. The van der Waals surface area contributed by atoms with E-state index >= 15 is 0 Å². The molecule has 0 bridgehead atoms. The number of hydrogen-bond donors (Lipinski definition) is 2. The van der Waals surface area contributed by atoms with Crippen LogP contribution in [0.1, 0.15) is 68.7 Å². The average Bonchev–Trinajstić information content (AvgIpc) is 3.24. The molecule has 0 atom stereocenters. The Balaban J connectivity index is 0.00000186. The Morgan fingerprint density at radius 3 is 2.65 bits per heavy atom. The molecular weight excluding hydrogens is 470 g/mol. The van der Waals surface area contributed by atoms with E-state index in [9.17, 15) is 14.7 Å². The number of benzene rings is 1. The molecule has 0 spiro atoms. The number of aryl methyl sites for hydroxylation is 2. The van der Waals surface area contributed by atoms with E-state index < -0.39 is 6.16 Å². The molecule has 8 heteroatoms. The van der Waals surface area contributed by atoms with E-state index in [4.69, 9.17) is 20.2 Å². The van der Waals surface area contributed by atoms with Gasteiger partial charge < -0.3 is 24.9 Å². The van der Waals surface area contributed by atoms with Crippen molar-refractivity contribution in [3.63, 3.8) is 0 Å². The number of aromatic nitrogens is 2. The molecule has 1 aliphatic heterocycles. The van der Waals surface area contributed by atoms with Gasteiger partial charge in [-0.15, -0.1) is 0 Å². The van der Waals surface area contributed by atoms with Crippen LogP contribution >= 0.6 is 0 Å². The second-order valence-electron chi connectivity index (χ2n) is 8.83. The minimum Gasteiger partial charge on any atom is -0.508 e. The number of nitrogens with zero attached hydrogens (tertiary/aromatic N) is 2. The summed E-state index contributed by atoms with van der Waals surface area (Å²) < 4.78 is 12.0. The highest BCUT2D eigenvalue weighted by atomic mass is 16.7. The molecule has 0 radical (unpaired) electrons. The number of hydrogen-bond acceptors (Lipinski definition) is 7. The topological polar surface area (TPSA) is 117 Å². The Morgan fingerprint density at radius 1 is 1.19 bits per heavy atom. The van der Waals surface area contributed by atoms with Crippen molar-refractivity contribution >= 4 is 17.1 Å². The lowest BCUT2D eigenvalue weighted by Gasteiger charge is -2.12. The van der Waals surface area contributed by atoms with Gasteiger partial charge in [0.1, 0.15) is 18.1 Å². The molecule has 0 saturated carbocycles. The summed E-state index contributed by atoms with van der Waals surface area (Å²) in [5.41, 5.74) is 10.7. The van der Waals surface area contributed by atoms with E-state index in [0.717, 1.165) is 59.1 Å². The first-order valence-electron chi connectivity index (χ1n) is 12.9. The zero-order chi connectivity index (χ0) is 27.1. The van der Waals surface area contributed by atoms with E-state index in [-0.39, 0.29) is 17.9 Å².